The summed E-state index contributed by atoms with van der Waals surface area (Å²) in [6.45, 7) is 9.33. The van der Waals surface area contributed by atoms with Crippen molar-refractivity contribution in [2.45, 2.75) is 32.7 Å². The number of nitrogens with zero attached hydrogens (tertiary/aromatic N) is 5. The quantitative estimate of drug-likeness (QED) is 0.410. The highest BCUT2D eigenvalue weighted by molar-refractivity contribution is 7.07. The third kappa shape index (κ3) is 3.00. The zero-order chi connectivity index (χ0) is 22.9. The lowest BCUT2D eigenvalue weighted by atomic mass is 9.60. The van der Waals surface area contributed by atoms with Crippen molar-refractivity contribution in [3.05, 3.63) is 52.1 Å². The van der Waals surface area contributed by atoms with Crippen LogP contribution in [0.5, 0.6) is 0 Å². The molecule has 0 unspecified atom stereocenters. The fourth-order valence-electron chi connectivity index (χ4n) is 5.55. The molecule has 33 heavy (non-hydrogen) atoms. The summed E-state index contributed by atoms with van der Waals surface area (Å²) in [7, 11) is 0. The number of carbonyl (C=O) groups excluding carboxylic acids is 1. The van der Waals surface area contributed by atoms with E-state index in [0.29, 0.717) is 11.1 Å². The Balaban J connectivity index is 1.43. The minimum atomic E-state index is 0.0191. The predicted octanol–water partition coefficient (Wildman–Crippen LogP) is 5.17. The Morgan fingerprint density at radius 2 is 2.12 bits per heavy atom. The van der Waals surface area contributed by atoms with E-state index in [2.05, 4.69) is 33.4 Å². The first-order chi connectivity index (χ1) is 15.9. The lowest BCUT2D eigenvalue weighted by Gasteiger charge is -2.58. The first-order valence-corrected chi connectivity index (χ1v) is 12.2. The highest BCUT2D eigenvalue weighted by Gasteiger charge is 2.54. The molecule has 2 fully saturated rings. The topological polar surface area (TPSA) is 79.7 Å². The Labute approximate surface area is 200 Å². The van der Waals surface area contributed by atoms with Gasteiger partial charge < -0.3 is 4.90 Å². The maximum atomic E-state index is 11.9. The second-order valence-corrected chi connectivity index (χ2v) is 10.4. The van der Waals surface area contributed by atoms with Crippen LogP contribution in [0.25, 0.3) is 33.4 Å². The minimum absolute atomic E-state index is 0.0191. The summed E-state index contributed by atoms with van der Waals surface area (Å²) >= 11 is 8.45. The van der Waals surface area contributed by atoms with E-state index in [1.807, 2.05) is 35.0 Å². The number of rotatable bonds is 4. The number of benzene rings is 1. The average Bonchev–Trinajstić information content (AvgIpc) is 3.48. The molecule has 0 bridgehead atoms. The van der Waals surface area contributed by atoms with Gasteiger partial charge in [0.05, 0.1) is 28.3 Å². The lowest BCUT2D eigenvalue weighted by molar-refractivity contribution is -0.149. The predicted molar refractivity (Wildman–Crippen MR) is 130 cm³/mol. The number of nitrogens with one attached hydrogen (secondary N) is 1. The van der Waals surface area contributed by atoms with Crippen molar-refractivity contribution in [3.63, 3.8) is 0 Å². The number of carbonyl (C=O) groups is 1. The molecule has 6 rings (SSSR count). The van der Waals surface area contributed by atoms with Crippen molar-refractivity contribution in [1.82, 2.24) is 29.9 Å². The summed E-state index contributed by atoms with van der Waals surface area (Å²) in [6, 6.07) is 2.32. The van der Waals surface area contributed by atoms with Gasteiger partial charge in [-0.2, -0.15) is 10.2 Å². The molecule has 1 saturated heterocycles. The summed E-state index contributed by atoms with van der Waals surface area (Å²) in [5, 5.41) is 16.1. The van der Waals surface area contributed by atoms with E-state index >= 15 is 0 Å². The van der Waals surface area contributed by atoms with Crippen molar-refractivity contribution in [3.8, 4) is 22.5 Å². The highest BCUT2D eigenvalue weighted by atomic mass is 35.5. The van der Waals surface area contributed by atoms with E-state index in [4.69, 9.17) is 16.7 Å². The van der Waals surface area contributed by atoms with E-state index < -0.39 is 0 Å². The molecule has 2 aliphatic rings. The number of aryl methyl sites for hydroxylation is 1. The normalized spacial score (nSPS) is 17.4. The maximum Gasteiger partial charge on any atom is 0.245 e. The molecule has 4 heterocycles. The van der Waals surface area contributed by atoms with Crippen molar-refractivity contribution >= 4 is 39.7 Å². The Morgan fingerprint density at radius 3 is 2.82 bits per heavy atom. The van der Waals surface area contributed by atoms with Crippen LogP contribution in [0.1, 0.15) is 30.1 Å². The first kappa shape index (κ1) is 20.6. The molecule has 1 aliphatic heterocycles. The fraction of sp³-hybridized carbons (Fsp3) is 0.333. The van der Waals surface area contributed by atoms with Crippen LogP contribution in [0.2, 0.25) is 5.02 Å². The Bertz CT molecular complexity index is 1400. The van der Waals surface area contributed by atoms with Crippen LogP contribution in [0, 0.1) is 19.3 Å². The van der Waals surface area contributed by atoms with Crippen molar-refractivity contribution in [2.24, 2.45) is 5.41 Å². The SMILES string of the molecule is C=CC(=O)N1CC2(CC(n3nc(-c4cscn4)c(-c4c(Cl)c(C)cc5[nH]ncc45)c3C)C2)C1. The third-order valence-electron chi connectivity index (χ3n) is 7.16. The van der Waals surface area contributed by atoms with E-state index in [1.165, 1.54) is 6.08 Å². The summed E-state index contributed by atoms with van der Waals surface area (Å²) in [5.74, 6) is 0.0191. The molecule has 168 valence electrons. The van der Waals surface area contributed by atoms with Crippen LogP contribution in [0.15, 0.2) is 35.8 Å². The van der Waals surface area contributed by atoms with E-state index in [-0.39, 0.29) is 11.3 Å². The van der Waals surface area contributed by atoms with Gasteiger partial charge in [0.25, 0.3) is 0 Å². The minimum Gasteiger partial charge on any atom is -0.338 e. The number of hydrogen-bond donors (Lipinski definition) is 1. The standard InChI is InChI=1S/C24H23ClN6OS/c1-4-19(32)30-10-24(11-30)6-15(7-24)31-14(3)20(23(29-31)18-9-33-12-26-18)21-16-8-27-28-17(16)5-13(2)22(21)25/h4-5,8-9,12,15H,1,6-7,10-11H2,2-3H3,(H,27,28). The smallest absolute Gasteiger partial charge is 0.245 e. The third-order valence-corrected chi connectivity index (χ3v) is 8.24. The number of aromatic amines is 1. The molecule has 9 heteroatoms. The zero-order valence-electron chi connectivity index (χ0n) is 18.4. The maximum absolute atomic E-state index is 11.9. The molecular weight excluding hydrogens is 456 g/mol. The summed E-state index contributed by atoms with van der Waals surface area (Å²) in [6.07, 6.45) is 5.24. The molecule has 1 aromatic carbocycles. The molecule has 1 aliphatic carbocycles. The average molecular weight is 479 g/mol. The van der Waals surface area contributed by atoms with Gasteiger partial charge in [-0.15, -0.1) is 11.3 Å². The van der Waals surface area contributed by atoms with Gasteiger partial charge in [0.2, 0.25) is 5.91 Å². The van der Waals surface area contributed by atoms with Gasteiger partial charge in [-0.05, 0) is 44.4 Å². The van der Waals surface area contributed by atoms with E-state index in [1.54, 1.807) is 11.3 Å². The molecule has 3 aromatic heterocycles. The molecular formula is C24H23ClN6OS. The number of hydrogen-bond acceptors (Lipinski definition) is 5. The summed E-state index contributed by atoms with van der Waals surface area (Å²) < 4.78 is 2.15. The molecule has 1 saturated carbocycles. The number of halogens is 1. The number of thiazole rings is 1. The van der Waals surface area contributed by atoms with Crippen LogP contribution < -0.4 is 0 Å². The van der Waals surface area contributed by atoms with E-state index in [0.717, 1.165) is 70.6 Å². The van der Waals surface area contributed by atoms with Gasteiger partial charge in [-0.25, -0.2) is 4.98 Å². The molecule has 0 atom stereocenters. The first-order valence-electron chi connectivity index (χ1n) is 10.9. The van der Waals surface area contributed by atoms with Crippen LogP contribution in [0.4, 0.5) is 0 Å². The highest BCUT2D eigenvalue weighted by Crippen LogP contribution is 2.55. The van der Waals surface area contributed by atoms with Crippen molar-refractivity contribution < 1.29 is 4.79 Å². The molecule has 1 spiro atoms. The van der Waals surface area contributed by atoms with Gasteiger partial charge in [-0.3, -0.25) is 14.6 Å². The molecule has 0 radical (unpaired) electrons. The molecule has 4 aromatic rings. The number of H-pyrrole nitrogens is 1. The molecule has 7 nitrogen and oxygen atoms in total. The second-order valence-electron chi connectivity index (χ2n) is 9.30. The lowest BCUT2D eigenvalue weighted by Crippen LogP contribution is -2.63. The summed E-state index contributed by atoms with van der Waals surface area (Å²) in [4.78, 5) is 18.3. The molecule has 1 amide bonds. The van der Waals surface area contributed by atoms with Crippen molar-refractivity contribution in [2.75, 3.05) is 13.1 Å². The number of aromatic nitrogens is 5. The van der Waals surface area contributed by atoms with Crippen molar-refractivity contribution in [1.29, 1.82) is 0 Å². The summed E-state index contributed by atoms with van der Waals surface area (Å²) in [5.41, 5.74) is 8.72. The van der Waals surface area contributed by atoms with Gasteiger partial charge >= 0.3 is 0 Å². The largest absolute Gasteiger partial charge is 0.338 e. The Hall–Kier alpha value is -2.97. The van der Waals surface area contributed by atoms with E-state index in [9.17, 15) is 4.79 Å². The van der Waals surface area contributed by atoms with Gasteiger partial charge in [0.1, 0.15) is 11.4 Å². The van der Waals surface area contributed by atoms with Crippen LogP contribution in [-0.2, 0) is 4.79 Å². The number of fused-ring (bicyclic) bond motifs is 1. The Kier molecular flexibility index (Phi) is 4.54. The van der Waals surface area contributed by atoms with Gasteiger partial charge in [0.15, 0.2) is 0 Å². The monoisotopic (exact) mass is 478 g/mol. The number of likely N-dealkylation sites (tertiary alicyclic amines) is 1. The fourth-order valence-corrected chi connectivity index (χ4v) is 6.33. The molecule has 1 N–H and O–H groups in total. The van der Waals surface area contributed by atoms with Crippen LogP contribution >= 0.6 is 22.9 Å². The van der Waals surface area contributed by atoms with Crippen LogP contribution in [0.3, 0.4) is 0 Å². The second kappa shape index (κ2) is 7.27. The van der Waals surface area contributed by atoms with Crippen LogP contribution in [-0.4, -0.2) is 48.9 Å². The van der Waals surface area contributed by atoms with Gasteiger partial charge in [0, 0.05) is 46.1 Å². The zero-order valence-corrected chi connectivity index (χ0v) is 20.0. The van der Waals surface area contributed by atoms with Gasteiger partial charge in [-0.1, -0.05) is 18.2 Å². The Morgan fingerprint density at radius 1 is 1.33 bits per heavy atom. The number of amides is 1.